The van der Waals surface area contributed by atoms with Crippen LogP contribution in [0.3, 0.4) is 0 Å². The van der Waals surface area contributed by atoms with Crippen LogP contribution in [0.1, 0.15) is 20.8 Å². The molecule has 3 heteroatoms. The van der Waals surface area contributed by atoms with Crippen LogP contribution in [0.25, 0.3) is 10.8 Å². The van der Waals surface area contributed by atoms with Crippen molar-refractivity contribution in [1.82, 2.24) is 0 Å². The second kappa shape index (κ2) is 5.31. The van der Waals surface area contributed by atoms with Crippen LogP contribution in [0.15, 0.2) is 42.5 Å². The molecule has 0 heterocycles. The monoisotopic (exact) mass is 258 g/mol. The van der Waals surface area contributed by atoms with Gasteiger partial charge in [0, 0.05) is 0 Å². The first-order chi connectivity index (χ1) is 8.97. The van der Waals surface area contributed by atoms with Crippen molar-refractivity contribution in [2.24, 2.45) is 5.41 Å². The fourth-order valence-electron chi connectivity index (χ4n) is 1.62. The molecule has 2 rings (SSSR count). The molecule has 0 atom stereocenters. The van der Waals surface area contributed by atoms with Crippen molar-refractivity contribution in [3.05, 3.63) is 42.5 Å². The summed E-state index contributed by atoms with van der Waals surface area (Å²) in [5.41, 5.74) is -0.507. The highest BCUT2D eigenvalue weighted by Gasteiger charge is 2.22. The molecule has 0 aliphatic carbocycles. The zero-order valence-corrected chi connectivity index (χ0v) is 11.5. The summed E-state index contributed by atoms with van der Waals surface area (Å²) in [6.45, 7) is 5.37. The first-order valence-corrected chi connectivity index (χ1v) is 6.26. The first kappa shape index (κ1) is 13.4. The van der Waals surface area contributed by atoms with Crippen molar-refractivity contribution in [3.63, 3.8) is 0 Å². The van der Waals surface area contributed by atoms with E-state index in [4.69, 9.17) is 9.47 Å². The summed E-state index contributed by atoms with van der Waals surface area (Å²) in [4.78, 5) is 11.6. The van der Waals surface area contributed by atoms with E-state index in [2.05, 4.69) is 0 Å². The molecule has 0 aliphatic heterocycles. The fraction of sp³-hybridized carbons (Fsp3) is 0.312. The molecule has 0 saturated heterocycles. The molecule has 0 spiro atoms. The van der Waals surface area contributed by atoms with Crippen LogP contribution in [0, 0.1) is 5.41 Å². The van der Waals surface area contributed by atoms with E-state index in [9.17, 15) is 4.79 Å². The van der Waals surface area contributed by atoms with E-state index in [0.29, 0.717) is 5.75 Å². The van der Waals surface area contributed by atoms with Gasteiger partial charge in [0.1, 0.15) is 5.75 Å². The number of carbonyl (C=O) groups excluding carboxylic acids is 1. The average molecular weight is 258 g/mol. The summed E-state index contributed by atoms with van der Waals surface area (Å²) in [7, 11) is 0. The molecular formula is C16H18O3. The zero-order chi connectivity index (χ0) is 13.9. The van der Waals surface area contributed by atoms with Gasteiger partial charge < -0.3 is 9.47 Å². The third kappa shape index (κ3) is 3.47. The van der Waals surface area contributed by atoms with Gasteiger partial charge in [-0.05, 0) is 43.7 Å². The average Bonchev–Trinajstić information content (AvgIpc) is 2.37. The molecule has 100 valence electrons. The van der Waals surface area contributed by atoms with E-state index in [1.54, 1.807) is 0 Å². The Morgan fingerprint density at radius 3 is 2.42 bits per heavy atom. The first-order valence-electron chi connectivity index (χ1n) is 6.26. The van der Waals surface area contributed by atoms with Gasteiger partial charge in [0.25, 0.3) is 0 Å². The van der Waals surface area contributed by atoms with E-state index in [-0.39, 0.29) is 12.8 Å². The summed E-state index contributed by atoms with van der Waals surface area (Å²) >= 11 is 0. The van der Waals surface area contributed by atoms with Crippen LogP contribution >= 0.6 is 0 Å². The lowest BCUT2D eigenvalue weighted by Crippen LogP contribution is -2.24. The number of esters is 1. The van der Waals surface area contributed by atoms with Crippen LogP contribution in [0.2, 0.25) is 0 Å². The van der Waals surface area contributed by atoms with Crippen molar-refractivity contribution >= 4 is 16.7 Å². The Hall–Kier alpha value is -2.03. The normalized spacial score (nSPS) is 11.3. The van der Waals surface area contributed by atoms with Gasteiger partial charge in [0.05, 0.1) is 5.41 Å². The number of hydrogen-bond acceptors (Lipinski definition) is 3. The maximum Gasteiger partial charge on any atom is 0.314 e. The highest BCUT2D eigenvalue weighted by Crippen LogP contribution is 2.21. The van der Waals surface area contributed by atoms with E-state index >= 15 is 0 Å². The van der Waals surface area contributed by atoms with Gasteiger partial charge >= 0.3 is 5.97 Å². The third-order valence-corrected chi connectivity index (χ3v) is 2.75. The Balaban J connectivity index is 1.97. The lowest BCUT2D eigenvalue weighted by Gasteiger charge is -2.16. The maximum absolute atomic E-state index is 11.6. The zero-order valence-electron chi connectivity index (χ0n) is 11.5. The van der Waals surface area contributed by atoms with Gasteiger partial charge in [0.15, 0.2) is 0 Å². The highest BCUT2D eigenvalue weighted by atomic mass is 16.7. The van der Waals surface area contributed by atoms with E-state index in [1.807, 2.05) is 63.2 Å². The predicted molar refractivity (Wildman–Crippen MR) is 75.0 cm³/mol. The van der Waals surface area contributed by atoms with Crippen LogP contribution in [0.4, 0.5) is 0 Å². The van der Waals surface area contributed by atoms with Gasteiger partial charge in [-0.25, -0.2) is 0 Å². The summed E-state index contributed by atoms with van der Waals surface area (Å²) in [6, 6.07) is 13.8. The van der Waals surface area contributed by atoms with E-state index < -0.39 is 5.41 Å². The van der Waals surface area contributed by atoms with E-state index in [1.165, 1.54) is 0 Å². The Morgan fingerprint density at radius 2 is 1.74 bits per heavy atom. The molecule has 3 nitrogen and oxygen atoms in total. The Morgan fingerprint density at radius 1 is 1.05 bits per heavy atom. The largest absolute Gasteiger partial charge is 0.457 e. The molecule has 2 aromatic rings. The molecule has 0 aromatic heterocycles. The standard InChI is InChI=1S/C16H18O3/c1-16(2,3)15(17)19-11-18-14-9-8-12-6-4-5-7-13(12)10-14/h4-10H,11H2,1-3H3. The molecule has 2 aromatic carbocycles. The van der Waals surface area contributed by atoms with E-state index in [0.717, 1.165) is 10.8 Å². The highest BCUT2D eigenvalue weighted by molar-refractivity contribution is 5.83. The Kier molecular flexibility index (Phi) is 3.74. The minimum atomic E-state index is -0.507. The number of rotatable bonds is 3. The number of carbonyl (C=O) groups is 1. The van der Waals surface area contributed by atoms with Gasteiger partial charge in [0.2, 0.25) is 6.79 Å². The number of benzene rings is 2. The molecule has 0 unspecified atom stereocenters. The topological polar surface area (TPSA) is 35.5 Å². The predicted octanol–water partition coefficient (Wildman–Crippen LogP) is 3.77. The number of ether oxygens (including phenoxy) is 2. The van der Waals surface area contributed by atoms with Gasteiger partial charge in [-0.15, -0.1) is 0 Å². The van der Waals surface area contributed by atoms with Crippen molar-refractivity contribution < 1.29 is 14.3 Å². The molecule has 0 saturated carbocycles. The molecule has 0 aliphatic rings. The van der Waals surface area contributed by atoms with Gasteiger partial charge in [-0.3, -0.25) is 4.79 Å². The Labute approximate surface area is 113 Å². The molecule has 0 bridgehead atoms. The van der Waals surface area contributed by atoms with Crippen molar-refractivity contribution in [2.75, 3.05) is 6.79 Å². The third-order valence-electron chi connectivity index (χ3n) is 2.75. The summed E-state index contributed by atoms with van der Waals surface area (Å²) < 4.78 is 10.5. The van der Waals surface area contributed by atoms with Crippen molar-refractivity contribution in [2.45, 2.75) is 20.8 Å². The van der Waals surface area contributed by atoms with Crippen LogP contribution in [0.5, 0.6) is 5.75 Å². The molecule has 0 N–H and O–H groups in total. The lowest BCUT2D eigenvalue weighted by molar-refractivity contribution is -0.159. The van der Waals surface area contributed by atoms with Crippen LogP contribution < -0.4 is 4.74 Å². The van der Waals surface area contributed by atoms with Gasteiger partial charge in [-0.2, -0.15) is 0 Å². The fourth-order valence-corrected chi connectivity index (χ4v) is 1.62. The van der Waals surface area contributed by atoms with Crippen LogP contribution in [-0.4, -0.2) is 12.8 Å². The number of fused-ring (bicyclic) bond motifs is 1. The van der Waals surface area contributed by atoms with Gasteiger partial charge in [-0.1, -0.05) is 30.3 Å². The molecule has 0 amide bonds. The molecular weight excluding hydrogens is 240 g/mol. The summed E-state index contributed by atoms with van der Waals surface area (Å²) in [5, 5.41) is 2.25. The maximum atomic E-state index is 11.6. The summed E-state index contributed by atoms with van der Waals surface area (Å²) in [6.07, 6.45) is 0. The second-order valence-electron chi connectivity index (χ2n) is 5.45. The summed E-state index contributed by atoms with van der Waals surface area (Å²) in [5.74, 6) is 0.425. The van der Waals surface area contributed by atoms with Crippen LogP contribution in [-0.2, 0) is 9.53 Å². The SMILES string of the molecule is CC(C)(C)C(=O)OCOc1ccc2ccccc2c1. The minimum absolute atomic E-state index is 0.0611. The Bertz CT molecular complexity index is 582. The molecule has 0 fully saturated rings. The van der Waals surface area contributed by atoms with Crippen molar-refractivity contribution in [1.29, 1.82) is 0 Å². The minimum Gasteiger partial charge on any atom is -0.457 e. The van der Waals surface area contributed by atoms with Crippen molar-refractivity contribution in [3.8, 4) is 5.75 Å². The number of hydrogen-bond donors (Lipinski definition) is 0. The second-order valence-corrected chi connectivity index (χ2v) is 5.45. The quantitative estimate of drug-likeness (QED) is 0.621. The lowest BCUT2D eigenvalue weighted by atomic mass is 9.98. The molecule has 19 heavy (non-hydrogen) atoms. The smallest absolute Gasteiger partial charge is 0.314 e. The molecule has 0 radical (unpaired) electrons.